The molecule has 3 heteroatoms. The summed E-state index contributed by atoms with van der Waals surface area (Å²) in [6, 6.07) is 0. The molecule has 0 aliphatic heterocycles. The van der Waals surface area contributed by atoms with E-state index in [4.69, 9.17) is 22.1 Å². The molecule has 0 spiro atoms. The van der Waals surface area contributed by atoms with Crippen LogP contribution >= 0.6 is 11.6 Å². The first kappa shape index (κ1) is 13.7. The summed E-state index contributed by atoms with van der Waals surface area (Å²) in [6.45, 7) is 6.88. The fourth-order valence-corrected chi connectivity index (χ4v) is 3.37. The van der Waals surface area contributed by atoms with Crippen molar-refractivity contribution < 1.29 is 4.74 Å². The van der Waals surface area contributed by atoms with Gasteiger partial charge in [-0.05, 0) is 50.3 Å². The van der Waals surface area contributed by atoms with E-state index < -0.39 is 0 Å². The molecule has 1 aliphatic carbocycles. The first-order chi connectivity index (χ1) is 8.48. The maximum atomic E-state index is 6.46. The number of ether oxygens (including phenoxy) is 1. The van der Waals surface area contributed by atoms with Crippen molar-refractivity contribution in [1.29, 1.82) is 0 Å². The van der Waals surface area contributed by atoms with Gasteiger partial charge in [0.05, 0.1) is 7.11 Å². The quantitative estimate of drug-likeness (QED) is 0.907. The molecule has 2 rings (SSSR count). The van der Waals surface area contributed by atoms with Crippen LogP contribution in [0.3, 0.4) is 0 Å². The second-order valence-corrected chi connectivity index (χ2v) is 5.81. The Labute approximate surface area is 114 Å². The first-order valence-corrected chi connectivity index (χ1v) is 6.90. The first-order valence-electron chi connectivity index (χ1n) is 6.52. The summed E-state index contributed by atoms with van der Waals surface area (Å²) in [4.78, 5) is 0. The van der Waals surface area contributed by atoms with Crippen LogP contribution < -0.4 is 10.5 Å². The van der Waals surface area contributed by atoms with Crippen LogP contribution in [0, 0.1) is 20.8 Å². The van der Waals surface area contributed by atoms with Gasteiger partial charge in [-0.3, -0.25) is 0 Å². The molecule has 0 bridgehead atoms. The molecule has 1 saturated carbocycles. The number of rotatable bonds is 3. The zero-order chi connectivity index (χ0) is 13.5. The van der Waals surface area contributed by atoms with Crippen molar-refractivity contribution >= 4 is 11.6 Å². The topological polar surface area (TPSA) is 35.2 Å². The molecule has 0 saturated heterocycles. The lowest BCUT2D eigenvalue weighted by Gasteiger charge is -2.43. The zero-order valence-electron chi connectivity index (χ0n) is 11.7. The Kier molecular flexibility index (Phi) is 3.61. The minimum absolute atomic E-state index is 0.0809. The number of hydrogen-bond acceptors (Lipinski definition) is 2. The van der Waals surface area contributed by atoms with Gasteiger partial charge in [0, 0.05) is 22.5 Å². The molecule has 1 fully saturated rings. The summed E-state index contributed by atoms with van der Waals surface area (Å²) in [5.41, 5.74) is 10.8. The van der Waals surface area contributed by atoms with Crippen molar-refractivity contribution in [2.24, 2.45) is 5.73 Å². The van der Waals surface area contributed by atoms with Crippen LogP contribution in [0.1, 0.15) is 41.5 Å². The van der Waals surface area contributed by atoms with Gasteiger partial charge in [-0.1, -0.05) is 18.0 Å². The molecule has 1 aromatic rings. The Hall–Kier alpha value is -0.730. The Balaban J connectivity index is 2.73. The molecule has 1 aromatic carbocycles. The Morgan fingerprint density at radius 3 is 2.17 bits per heavy atom. The van der Waals surface area contributed by atoms with Gasteiger partial charge in [-0.25, -0.2) is 0 Å². The number of hydrogen-bond donors (Lipinski definition) is 1. The van der Waals surface area contributed by atoms with Crippen molar-refractivity contribution in [2.45, 2.75) is 45.4 Å². The van der Waals surface area contributed by atoms with Gasteiger partial charge in [0.1, 0.15) is 5.75 Å². The van der Waals surface area contributed by atoms with E-state index in [1.807, 2.05) is 6.92 Å². The maximum Gasteiger partial charge on any atom is 0.126 e. The average Bonchev–Trinajstić information content (AvgIpc) is 2.32. The van der Waals surface area contributed by atoms with Crippen LogP contribution in [0.5, 0.6) is 5.75 Å². The number of nitrogens with two attached hydrogens (primary N) is 1. The highest BCUT2D eigenvalue weighted by Gasteiger charge is 2.41. The predicted molar refractivity (Wildman–Crippen MR) is 76.8 cm³/mol. The van der Waals surface area contributed by atoms with Crippen LogP contribution in [0.2, 0.25) is 5.02 Å². The molecule has 2 nitrogen and oxygen atoms in total. The largest absolute Gasteiger partial charge is 0.496 e. The van der Waals surface area contributed by atoms with Gasteiger partial charge in [-0.15, -0.1) is 0 Å². The highest BCUT2D eigenvalue weighted by Crippen LogP contribution is 2.50. The minimum Gasteiger partial charge on any atom is -0.496 e. The lowest BCUT2D eigenvalue weighted by atomic mass is 9.62. The molecule has 0 amide bonds. The van der Waals surface area contributed by atoms with Crippen molar-refractivity contribution in [2.75, 3.05) is 13.7 Å². The van der Waals surface area contributed by atoms with E-state index in [1.54, 1.807) is 7.11 Å². The molecule has 100 valence electrons. The van der Waals surface area contributed by atoms with Gasteiger partial charge in [0.2, 0.25) is 0 Å². The number of methoxy groups -OCH3 is 1. The van der Waals surface area contributed by atoms with Crippen molar-refractivity contribution in [3.8, 4) is 5.75 Å². The van der Waals surface area contributed by atoms with Crippen molar-refractivity contribution in [3.05, 3.63) is 27.3 Å². The van der Waals surface area contributed by atoms with E-state index in [2.05, 4.69) is 13.8 Å². The normalized spacial score (nSPS) is 17.4. The second kappa shape index (κ2) is 4.75. The molecule has 0 aromatic heterocycles. The Morgan fingerprint density at radius 2 is 1.78 bits per heavy atom. The fourth-order valence-electron chi connectivity index (χ4n) is 3.14. The van der Waals surface area contributed by atoms with Crippen LogP contribution in [-0.2, 0) is 5.41 Å². The summed E-state index contributed by atoms with van der Waals surface area (Å²) in [7, 11) is 1.74. The number of benzene rings is 1. The highest BCUT2D eigenvalue weighted by molar-refractivity contribution is 6.32. The van der Waals surface area contributed by atoms with Crippen molar-refractivity contribution in [1.82, 2.24) is 0 Å². The molecule has 0 heterocycles. The van der Waals surface area contributed by atoms with Gasteiger partial charge < -0.3 is 10.5 Å². The summed E-state index contributed by atoms with van der Waals surface area (Å²) < 4.78 is 5.66. The monoisotopic (exact) mass is 267 g/mol. The van der Waals surface area contributed by atoms with E-state index in [-0.39, 0.29) is 5.41 Å². The van der Waals surface area contributed by atoms with Gasteiger partial charge in [0.15, 0.2) is 0 Å². The van der Waals surface area contributed by atoms with E-state index in [9.17, 15) is 0 Å². The van der Waals surface area contributed by atoms with E-state index in [0.717, 1.165) is 40.3 Å². The molecule has 0 radical (unpaired) electrons. The molecule has 18 heavy (non-hydrogen) atoms. The standard InChI is InChI=1S/C15H22ClNO/c1-9-10(2)14(18-4)12(11(3)13(9)16)15(8-17)6-5-7-15/h5-8,17H2,1-4H3. The molecule has 1 aliphatic rings. The maximum absolute atomic E-state index is 6.46. The SMILES string of the molecule is COc1c(C)c(C)c(Cl)c(C)c1C1(CN)CCC1. The van der Waals surface area contributed by atoms with Gasteiger partial charge >= 0.3 is 0 Å². The number of halogens is 1. The van der Waals surface area contributed by atoms with Gasteiger partial charge in [-0.2, -0.15) is 0 Å². The Bertz CT molecular complexity index is 473. The van der Waals surface area contributed by atoms with Crippen LogP contribution in [-0.4, -0.2) is 13.7 Å². The summed E-state index contributed by atoms with van der Waals surface area (Å²) in [5, 5.41) is 0.864. The zero-order valence-corrected chi connectivity index (χ0v) is 12.4. The molecule has 0 atom stereocenters. The molecular formula is C15H22ClNO. The molecule has 2 N–H and O–H groups in total. The van der Waals surface area contributed by atoms with Crippen molar-refractivity contribution in [3.63, 3.8) is 0 Å². The average molecular weight is 268 g/mol. The highest BCUT2D eigenvalue weighted by atomic mass is 35.5. The van der Waals surface area contributed by atoms with Crippen LogP contribution in [0.25, 0.3) is 0 Å². The Morgan fingerprint density at radius 1 is 1.17 bits per heavy atom. The van der Waals surface area contributed by atoms with E-state index in [1.165, 1.54) is 12.0 Å². The second-order valence-electron chi connectivity index (χ2n) is 5.44. The molecular weight excluding hydrogens is 246 g/mol. The smallest absolute Gasteiger partial charge is 0.126 e. The third-order valence-corrected chi connectivity index (χ3v) is 5.17. The summed E-state index contributed by atoms with van der Waals surface area (Å²) in [6.07, 6.45) is 3.52. The summed E-state index contributed by atoms with van der Waals surface area (Å²) in [5.74, 6) is 0.986. The minimum atomic E-state index is 0.0809. The molecule has 0 unspecified atom stereocenters. The predicted octanol–water partition coefficient (Wildman–Crippen LogP) is 3.65. The van der Waals surface area contributed by atoms with E-state index >= 15 is 0 Å². The third-order valence-electron chi connectivity index (χ3n) is 4.60. The lowest BCUT2D eigenvalue weighted by Crippen LogP contribution is -2.42. The third kappa shape index (κ3) is 1.74. The van der Waals surface area contributed by atoms with Crippen LogP contribution in [0.15, 0.2) is 0 Å². The van der Waals surface area contributed by atoms with Gasteiger partial charge in [0.25, 0.3) is 0 Å². The van der Waals surface area contributed by atoms with Crippen LogP contribution in [0.4, 0.5) is 0 Å². The van der Waals surface area contributed by atoms with E-state index in [0.29, 0.717) is 6.54 Å². The lowest BCUT2D eigenvalue weighted by molar-refractivity contribution is 0.242. The fraction of sp³-hybridized carbons (Fsp3) is 0.600. The summed E-state index contributed by atoms with van der Waals surface area (Å²) >= 11 is 6.46.